The molecule has 8 heteroatoms. The van der Waals surface area contributed by atoms with Crippen molar-refractivity contribution < 1.29 is 18.7 Å². The minimum Gasteiger partial charge on any atom is -0.452 e. The fraction of sp³-hybridized carbons (Fsp3) is 0.211. The van der Waals surface area contributed by atoms with Gasteiger partial charge in [0.15, 0.2) is 0 Å². The molecule has 0 amide bonds. The van der Waals surface area contributed by atoms with Gasteiger partial charge in [0.25, 0.3) is 5.56 Å². The summed E-state index contributed by atoms with van der Waals surface area (Å²) in [4.78, 5) is 31.5. The molecule has 4 aromatic rings. The third-order valence-corrected chi connectivity index (χ3v) is 4.94. The molecule has 138 valence electrons. The number of carbonyl (C=O) groups excluding carboxylic acids is 1. The number of esters is 1. The molecule has 27 heavy (non-hydrogen) atoms. The predicted octanol–water partition coefficient (Wildman–Crippen LogP) is 3.62. The minimum atomic E-state index is -0.631. The van der Waals surface area contributed by atoms with Gasteiger partial charge < -0.3 is 18.9 Å². The summed E-state index contributed by atoms with van der Waals surface area (Å²) < 4.78 is 17.0. The van der Waals surface area contributed by atoms with Crippen molar-refractivity contribution in [2.75, 3.05) is 6.61 Å². The van der Waals surface area contributed by atoms with Gasteiger partial charge in [0, 0.05) is 17.6 Å². The number of furan rings is 1. The summed E-state index contributed by atoms with van der Waals surface area (Å²) in [5.74, 6) is -0.251. The Morgan fingerprint density at radius 3 is 2.96 bits per heavy atom. The summed E-state index contributed by atoms with van der Waals surface area (Å²) in [6.45, 7) is 2.47. The molecule has 0 saturated heterocycles. The summed E-state index contributed by atoms with van der Waals surface area (Å²) in [7, 11) is 0. The van der Waals surface area contributed by atoms with Crippen LogP contribution in [0.4, 0.5) is 0 Å². The molecule has 7 nitrogen and oxygen atoms in total. The molecule has 4 rings (SSSR count). The van der Waals surface area contributed by atoms with Crippen LogP contribution in [0.25, 0.3) is 21.2 Å². The first-order chi connectivity index (χ1) is 13.2. The molecule has 1 N–H and O–H groups in total. The number of thiophene rings is 1. The number of fused-ring (bicyclic) bond motifs is 2. The number of nitrogens with zero attached hydrogens (tertiary/aromatic N) is 1. The fourth-order valence-corrected chi connectivity index (χ4v) is 3.53. The summed E-state index contributed by atoms with van der Waals surface area (Å²) in [6.07, 6.45) is 0. The van der Waals surface area contributed by atoms with E-state index in [2.05, 4.69) is 9.97 Å². The van der Waals surface area contributed by atoms with Gasteiger partial charge in [0.1, 0.15) is 22.7 Å². The van der Waals surface area contributed by atoms with E-state index in [9.17, 15) is 9.59 Å². The number of hydrogen-bond donors (Lipinski definition) is 1. The van der Waals surface area contributed by atoms with E-state index in [1.165, 1.54) is 11.3 Å². The van der Waals surface area contributed by atoms with Gasteiger partial charge in [-0.1, -0.05) is 18.2 Å². The highest BCUT2D eigenvalue weighted by molar-refractivity contribution is 7.17. The predicted molar refractivity (Wildman–Crippen MR) is 101 cm³/mol. The number of para-hydroxylation sites is 1. The maximum Gasteiger partial charge on any atom is 0.375 e. The first kappa shape index (κ1) is 17.4. The number of carbonyl (C=O) groups is 1. The minimum absolute atomic E-state index is 0.101. The van der Waals surface area contributed by atoms with Crippen LogP contribution in [0, 0.1) is 0 Å². The van der Waals surface area contributed by atoms with E-state index in [0.717, 1.165) is 5.39 Å². The van der Waals surface area contributed by atoms with Crippen LogP contribution in [-0.4, -0.2) is 22.5 Å². The van der Waals surface area contributed by atoms with Crippen molar-refractivity contribution >= 4 is 38.5 Å². The second-order valence-electron chi connectivity index (χ2n) is 5.77. The van der Waals surface area contributed by atoms with Crippen LogP contribution in [0.5, 0.6) is 0 Å². The lowest BCUT2D eigenvalue weighted by molar-refractivity contribution is 0.0420. The zero-order valence-electron chi connectivity index (χ0n) is 14.5. The van der Waals surface area contributed by atoms with Gasteiger partial charge in [-0.25, -0.2) is 9.78 Å². The van der Waals surface area contributed by atoms with Gasteiger partial charge >= 0.3 is 5.97 Å². The Kier molecular flexibility index (Phi) is 4.74. The SMILES string of the molecule is CCOCc1c(C(=O)OCc2nc3ccsc3c(=O)[nH]2)oc2ccccc12. The first-order valence-corrected chi connectivity index (χ1v) is 9.27. The van der Waals surface area contributed by atoms with Gasteiger partial charge in [-0.3, -0.25) is 4.79 Å². The molecule has 0 aliphatic carbocycles. The maximum absolute atomic E-state index is 12.6. The summed E-state index contributed by atoms with van der Waals surface area (Å²) >= 11 is 1.31. The Morgan fingerprint density at radius 1 is 1.26 bits per heavy atom. The summed E-state index contributed by atoms with van der Waals surface area (Å²) in [5.41, 5.74) is 1.56. The largest absolute Gasteiger partial charge is 0.452 e. The Balaban J connectivity index is 1.59. The highest BCUT2D eigenvalue weighted by atomic mass is 32.1. The van der Waals surface area contributed by atoms with E-state index in [0.29, 0.717) is 28.0 Å². The highest BCUT2D eigenvalue weighted by Gasteiger charge is 2.22. The van der Waals surface area contributed by atoms with Gasteiger partial charge in [-0.15, -0.1) is 11.3 Å². The van der Waals surface area contributed by atoms with Crippen molar-refractivity contribution in [2.45, 2.75) is 20.1 Å². The van der Waals surface area contributed by atoms with Gasteiger partial charge in [0.05, 0.1) is 12.1 Å². The average molecular weight is 384 g/mol. The summed E-state index contributed by atoms with van der Waals surface area (Å²) in [6, 6.07) is 9.10. The Hall–Kier alpha value is -2.97. The molecule has 1 aromatic carbocycles. The highest BCUT2D eigenvalue weighted by Crippen LogP contribution is 2.27. The number of benzene rings is 1. The van der Waals surface area contributed by atoms with Gasteiger partial charge in [-0.05, 0) is 24.4 Å². The lowest BCUT2D eigenvalue weighted by Crippen LogP contribution is -2.14. The van der Waals surface area contributed by atoms with E-state index >= 15 is 0 Å². The molecule has 0 radical (unpaired) electrons. The number of aromatic amines is 1. The normalized spacial score (nSPS) is 11.3. The van der Waals surface area contributed by atoms with Crippen molar-refractivity contribution in [3.8, 4) is 0 Å². The summed E-state index contributed by atoms with van der Waals surface area (Å²) in [5, 5.41) is 2.60. The van der Waals surface area contributed by atoms with E-state index in [1.807, 2.05) is 25.1 Å². The molecular weight excluding hydrogens is 368 g/mol. The molecule has 3 aromatic heterocycles. The van der Waals surface area contributed by atoms with Crippen molar-refractivity contribution in [1.29, 1.82) is 0 Å². The molecule has 0 aliphatic heterocycles. The second kappa shape index (κ2) is 7.34. The van der Waals surface area contributed by atoms with E-state index in [4.69, 9.17) is 13.9 Å². The topological polar surface area (TPSA) is 94.4 Å². The fourth-order valence-electron chi connectivity index (χ4n) is 2.80. The number of hydrogen-bond acceptors (Lipinski definition) is 7. The molecule has 0 unspecified atom stereocenters. The van der Waals surface area contributed by atoms with Crippen LogP contribution < -0.4 is 5.56 Å². The average Bonchev–Trinajstić information content (AvgIpc) is 3.29. The quantitative estimate of drug-likeness (QED) is 0.510. The monoisotopic (exact) mass is 384 g/mol. The zero-order chi connectivity index (χ0) is 18.8. The third-order valence-electron chi connectivity index (χ3n) is 4.04. The number of aromatic nitrogens is 2. The van der Waals surface area contributed by atoms with E-state index in [1.54, 1.807) is 17.5 Å². The van der Waals surface area contributed by atoms with Crippen LogP contribution in [0.15, 0.2) is 44.9 Å². The molecule has 0 saturated carbocycles. The van der Waals surface area contributed by atoms with Crippen LogP contribution in [0.2, 0.25) is 0 Å². The van der Waals surface area contributed by atoms with Gasteiger partial charge in [-0.2, -0.15) is 0 Å². The Bertz CT molecular complexity index is 1170. The second-order valence-corrected chi connectivity index (χ2v) is 6.68. The zero-order valence-corrected chi connectivity index (χ0v) is 15.3. The Labute approximate surface area is 157 Å². The molecule has 0 spiro atoms. The standard InChI is InChI=1S/C19H16N2O5S/c1-2-24-9-12-11-5-3-4-6-14(11)26-16(12)19(23)25-10-15-20-13-7-8-27-17(13)18(22)21-15/h3-8H,2,9-10H2,1H3,(H,20,21,22). The molecule has 0 bridgehead atoms. The number of nitrogens with one attached hydrogen (secondary N) is 1. The van der Waals surface area contributed by atoms with Crippen LogP contribution in [-0.2, 0) is 22.7 Å². The lowest BCUT2D eigenvalue weighted by Gasteiger charge is -2.05. The molecule has 0 fully saturated rings. The molecule has 0 atom stereocenters. The van der Waals surface area contributed by atoms with Crippen molar-refractivity contribution in [1.82, 2.24) is 9.97 Å². The van der Waals surface area contributed by atoms with Crippen LogP contribution in [0.3, 0.4) is 0 Å². The van der Waals surface area contributed by atoms with Crippen LogP contribution >= 0.6 is 11.3 Å². The molecular formula is C19H16N2O5S. The van der Waals surface area contributed by atoms with E-state index in [-0.39, 0.29) is 30.4 Å². The van der Waals surface area contributed by atoms with Crippen molar-refractivity contribution in [2.24, 2.45) is 0 Å². The van der Waals surface area contributed by atoms with Crippen LogP contribution in [0.1, 0.15) is 28.9 Å². The van der Waals surface area contributed by atoms with Crippen molar-refractivity contribution in [3.63, 3.8) is 0 Å². The third kappa shape index (κ3) is 3.36. The Morgan fingerprint density at radius 2 is 2.11 bits per heavy atom. The number of ether oxygens (including phenoxy) is 2. The lowest BCUT2D eigenvalue weighted by atomic mass is 10.1. The van der Waals surface area contributed by atoms with Crippen molar-refractivity contribution in [3.05, 3.63) is 63.2 Å². The number of H-pyrrole nitrogens is 1. The molecule has 0 aliphatic rings. The first-order valence-electron chi connectivity index (χ1n) is 8.39. The van der Waals surface area contributed by atoms with Gasteiger partial charge in [0.2, 0.25) is 5.76 Å². The molecule has 3 heterocycles. The maximum atomic E-state index is 12.6. The van der Waals surface area contributed by atoms with E-state index < -0.39 is 5.97 Å². The number of rotatable bonds is 6. The smallest absolute Gasteiger partial charge is 0.375 e.